The molecule has 3 rings (SSSR count). The molecular weight excluding hydrogens is 354 g/mol. The third-order valence-electron chi connectivity index (χ3n) is 4.28. The number of aromatic nitrogens is 2. The van der Waals surface area contributed by atoms with Crippen LogP contribution in [0.1, 0.15) is 24.0 Å². The smallest absolute Gasteiger partial charge is 0.275 e. The Bertz CT molecular complexity index is 825. The number of benzene rings is 1. The summed E-state index contributed by atoms with van der Waals surface area (Å²) in [7, 11) is 1.98. The van der Waals surface area contributed by atoms with Crippen LogP contribution in [0.5, 0.6) is 0 Å². The van der Waals surface area contributed by atoms with Crippen molar-refractivity contribution in [2.45, 2.75) is 39.4 Å². The Morgan fingerprint density at radius 3 is 2.92 bits per heavy atom. The minimum Gasteiger partial charge on any atom is -0.348 e. The molecule has 3 N–H and O–H groups in total. The van der Waals surface area contributed by atoms with Gasteiger partial charge in [-0.15, -0.1) is 5.10 Å². The van der Waals surface area contributed by atoms with E-state index in [0.29, 0.717) is 23.2 Å². The van der Waals surface area contributed by atoms with Crippen LogP contribution in [0.15, 0.2) is 18.2 Å². The maximum absolute atomic E-state index is 11.9. The van der Waals surface area contributed by atoms with Crippen molar-refractivity contribution in [3.63, 3.8) is 0 Å². The molecule has 0 saturated heterocycles. The Kier molecular flexibility index (Phi) is 5.51. The van der Waals surface area contributed by atoms with E-state index < -0.39 is 0 Å². The molecule has 1 aromatic heterocycles. The lowest BCUT2D eigenvalue weighted by Gasteiger charge is -2.13. The third-order valence-corrected chi connectivity index (χ3v) is 5.50. The van der Waals surface area contributed by atoms with Crippen LogP contribution in [0.25, 0.3) is 0 Å². The van der Waals surface area contributed by atoms with Crippen LogP contribution in [0.2, 0.25) is 0 Å². The number of carbonyl (C=O) groups is 1. The molecule has 1 aliphatic rings. The summed E-state index contributed by atoms with van der Waals surface area (Å²) in [5.41, 5.74) is 3.48. The van der Waals surface area contributed by atoms with E-state index in [1.54, 1.807) is 4.68 Å². The zero-order valence-electron chi connectivity index (χ0n) is 14.8. The summed E-state index contributed by atoms with van der Waals surface area (Å²) in [6.07, 6.45) is 2.21. The number of aryl methyl sites for hydroxylation is 1. The van der Waals surface area contributed by atoms with Crippen molar-refractivity contribution in [2.24, 2.45) is 0 Å². The first-order valence-corrected chi connectivity index (χ1v) is 9.66. The van der Waals surface area contributed by atoms with Crippen LogP contribution in [-0.4, -0.2) is 35.3 Å². The summed E-state index contributed by atoms with van der Waals surface area (Å²) >= 11 is 6.87. The van der Waals surface area contributed by atoms with Crippen molar-refractivity contribution in [1.82, 2.24) is 15.1 Å². The van der Waals surface area contributed by atoms with Gasteiger partial charge >= 0.3 is 0 Å². The second-order valence-corrected chi connectivity index (χ2v) is 8.30. The van der Waals surface area contributed by atoms with E-state index in [-0.39, 0.29) is 5.91 Å². The summed E-state index contributed by atoms with van der Waals surface area (Å²) in [6.45, 7) is 5.17. The van der Waals surface area contributed by atoms with Gasteiger partial charge in [0.15, 0.2) is 17.2 Å². The van der Waals surface area contributed by atoms with Crippen molar-refractivity contribution in [2.75, 3.05) is 18.9 Å². The third kappa shape index (κ3) is 4.87. The lowest BCUT2D eigenvalue weighted by Crippen LogP contribution is -3.09. The summed E-state index contributed by atoms with van der Waals surface area (Å²) in [6, 6.07) is 6.55. The second-order valence-electron chi connectivity index (χ2n) is 6.68. The Labute approximate surface area is 156 Å². The van der Waals surface area contributed by atoms with Crippen molar-refractivity contribution in [1.29, 1.82) is 0 Å². The molecule has 1 saturated carbocycles. The molecule has 0 bridgehead atoms. The Hall–Kier alpha value is -1.77. The minimum absolute atomic E-state index is 0.0930. The first-order chi connectivity index (χ1) is 11.9. The van der Waals surface area contributed by atoms with Crippen molar-refractivity contribution in [3.05, 3.63) is 33.3 Å². The number of nitrogens with one attached hydrogen (secondary N) is 3. The van der Waals surface area contributed by atoms with E-state index in [9.17, 15) is 4.79 Å². The molecule has 0 radical (unpaired) electrons. The fourth-order valence-electron chi connectivity index (χ4n) is 2.55. The quantitative estimate of drug-likeness (QED) is 0.643. The molecule has 0 aliphatic heterocycles. The number of carbonyl (C=O) groups excluding carboxylic acids is 1. The van der Waals surface area contributed by atoms with Gasteiger partial charge in [0.25, 0.3) is 5.91 Å². The van der Waals surface area contributed by atoms with Gasteiger partial charge in [-0.3, -0.25) is 4.79 Å². The van der Waals surface area contributed by atoms with Crippen LogP contribution in [-0.2, 0) is 11.5 Å². The van der Waals surface area contributed by atoms with Crippen LogP contribution >= 0.6 is 23.6 Å². The zero-order chi connectivity index (χ0) is 18.0. The van der Waals surface area contributed by atoms with E-state index in [4.69, 9.17) is 12.2 Å². The summed E-state index contributed by atoms with van der Waals surface area (Å²) in [5, 5.41) is 11.7. The predicted molar refractivity (Wildman–Crippen MR) is 103 cm³/mol. The number of anilines is 2. The van der Waals surface area contributed by atoms with E-state index in [1.807, 2.05) is 19.2 Å². The van der Waals surface area contributed by atoms with Gasteiger partial charge in [0.2, 0.25) is 5.13 Å². The first-order valence-electron chi connectivity index (χ1n) is 8.44. The zero-order valence-corrected chi connectivity index (χ0v) is 16.4. The van der Waals surface area contributed by atoms with Gasteiger partial charge in [0, 0.05) is 11.7 Å². The van der Waals surface area contributed by atoms with Crippen molar-refractivity contribution < 1.29 is 9.69 Å². The summed E-state index contributed by atoms with van der Waals surface area (Å²) in [5.74, 6) is 0.0930. The highest BCUT2D eigenvalue weighted by Crippen LogP contribution is 2.24. The van der Waals surface area contributed by atoms with Gasteiger partial charge in [0.1, 0.15) is 0 Å². The molecule has 1 aliphatic carbocycles. The van der Waals surface area contributed by atoms with Crippen LogP contribution in [0.3, 0.4) is 0 Å². The number of amides is 1. The lowest BCUT2D eigenvalue weighted by molar-refractivity contribution is -0.895. The molecule has 1 fully saturated rings. The average molecular weight is 379 g/mol. The molecule has 1 amide bonds. The Morgan fingerprint density at radius 2 is 2.20 bits per heavy atom. The number of likely N-dealkylation sites (N-methyl/N-ethyl adjacent to an activating group) is 1. The molecule has 8 heteroatoms. The number of nitrogens with zero attached hydrogens (tertiary/aromatic N) is 2. The van der Waals surface area contributed by atoms with E-state index >= 15 is 0 Å². The highest BCUT2D eigenvalue weighted by molar-refractivity contribution is 7.73. The normalized spacial score (nSPS) is 15.0. The van der Waals surface area contributed by atoms with E-state index in [1.165, 1.54) is 22.5 Å². The fraction of sp³-hybridized carbons (Fsp3) is 0.471. The van der Waals surface area contributed by atoms with Crippen LogP contribution in [0, 0.1) is 17.8 Å². The molecule has 2 aromatic rings. The topological polar surface area (TPSA) is 63.4 Å². The van der Waals surface area contributed by atoms with Gasteiger partial charge in [-0.05, 0) is 56.1 Å². The van der Waals surface area contributed by atoms with E-state index in [0.717, 1.165) is 28.6 Å². The minimum atomic E-state index is 0.0930. The van der Waals surface area contributed by atoms with Crippen LogP contribution < -0.4 is 15.5 Å². The van der Waals surface area contributed by atoms with Gasteiger partial charge in [0.05, 0.1) is 7.05 Å². The Morgan fingerprint density at radius 1 is 1.44 bits per heavy atom. The molecule has 1 atom stereocenters. The molecule has 0 spiro atoms. The second kappa shape index (κ2) is 7.63. The molecule has 1 aromatic carbocycles. The summed E-state index contributed by atoms with van der Waals surface area (Å²) in [4.78, 5) is 13.0. The fourth-order valence-corrected chi connectivity index (χ4v) is 3.57. The van der Waals surface area contributed by atoms with E-state index in [2.05, 4.69) is 35.6 Å². The lowest BCUT2D eigenvalue weighted by atomic mass is 10.1. The number of quaternary nitrogens is 1. The molecule has 25 heavy (non-hydrogen) atoms. The van der Waals surface area contributed by atoms with Gasteiger partial charge in [-0.1, -0.05) is 23.5 Å². The monoisotopic (exact) mass is 378 g/mol. The van der Waals surface area contributed by atoms with Crippen LogP contribution in [0.4, 0.5) is 10.8 Å². The highest BCUT2D eigenvalue weighted by Gasteiger charge is 2.24. The SMILES string of the molecule is Cc1cccc(Nc2nn(C[NH+](C)CC(=O)NC3CC3)c(=S)s2)c1C. The van der Waals surface area contributed by atoms with Crippen molar-refractivity contribution >= 4 is 40.3 Å². The predicted octanol–water partition coefficient (Wildman–Crippen LogP) is 1.79. The number of hydrogen-bond donors (Lipinski definition) is 3. The molecule has 1 heterocycles. The molecular formula is C17H24N5OS2+. The summed E-state index contributed by atoms with van der Waals surface area (Å²) < 4.78 is 2.49. The maximum atomic E-state index is 11.9. The van der Waals surface area contributed by atoms with Gasteiger partial charge in [-0.2, -0.15) is 4.68 Å². The number of rotatable bonds is 7. The number of hydrogen-bond acceptors (Lipinski definition) is 5. The first kappa shape index (κ1) is 18.0. The molecule has 1 unspecified atom stereocenters. The molecule has 6 nitrogen and oxygen atoms in total. The van der Waals surface area contributed by atoms with Gasteiger partial charge < -0.3 is 15.5 Å². The average Bonchev–Trinajstić information content (AvgIpc) is 3.28. The Balaban J connectivity index is 1.62. The van der Waals surface area contributed by atoms with Gasteiger partial charge in [-0.25, -0.2) is 0 Å². The maximum Gasteiger partial charge on any atom is 0.275 e. The van der Waals surface area contributed by atoms with Crippen molar-refractivity contribution in [3.8, 4) is 0 Å². The standard InChI is InChI=1S/C17H23N5OS2/c1-11-5-4-6-14(12(11)2)19-16-20-22(17(24)25-16)10-21(3)9-15(23)18-13-7-8-13/h4-6,13H,7-10H2,1-3H3,(H,18,23)(H,19,20)/p+1. The largest absolute Gasteiger partial charge is 0.348 e. The highest BCUT2D eigenvalue weighted by atomic mass is 32.1. The molecule has 134 valence electrons.